The highest BCUT2D eigenvalue weighted by molar-refractivity contribution is 6.04. The summed E-state index contributed by atoms with van der Waals surface area (Å²) in [7, 11) is 0. The second-order valence-electron chi connectivity index (χ2n) is 7.19. The van der Waals surface area contributed by atoms with Gasteiger partial charge in [0, 0.05) is 11.0 Å². The van der Waals surface area contributed by atoms with Crippen molar-refractivity contribution in [3.05, 3.63) is 53.1 Å². The second kappa shape index (κ2) is 6.11. The molecule has 2 aromatic rings. The summed E-state index contributed by atoms with van der Waals surface area (Å²) < 4.78 is 0. The first-order valence-corrected chi connectivity index (χ1v) is 8.19. The van der Waals surface area contributed by atoms with Gasteiger partial charge in [-0.3, -0.25) is 4.79 Å². The van der Waals surface area contributed by atoms with Crippen LogP contribution in [0.1, 0.15) is 60.9 Å². The minimum atomic E-state index is -0.106. The first-order valence-electron chi connectivity index (χ1n) is 8.19. The van der Waals surface area contributed by atoms with Gasteiger partial charge in [-0.25, -0.2) is 9.97 Å². The summed E-state index contributed by atoms with van der Waals surface area (Å²) in [5, 5.41) is 2.88. The van der Waals surface area contributed by atoms with E-state index in [2.05, 4.69) is 42.1 Å². The molecule has 1 aromatic heterocycles. The fraction of sp³-hybridized carbons (Fsp3) is 0.421. The van der Waals surface area contributed by atoms with Crippen LogP contribution in [0.4, 0.5) is 5.69 Å². The number of aromatic nitrogens is 2. The molecule has 0 radical (unpaired) electrons. The number of carbonyl (C=O) groups excluding carboxylic acids is 1. The normalized spacial score (nSPS) is 14.2. The molecule has 23 heavy (non-hydrogen) atoms. The fourth-order valence-corrected chi connectivity index (χ4v) is 2.86. The van der Waals surface area contributed by atoms with Gasteiger partial charge < -0.3 is 5.32 Å². The van der Waals surface area contributed by atoms with Crippen LogP contribution >= 0.6 is 0 Å². The zero-order valence-electron chi connectivity index (χ0n) is 14.0. The van der Waals surface area contributed by atoms with E-state index in [1.807, 2.05) is 12.1 Å². The minimum absolute atomic E-state index is 0.0962. The number of nitrogens with one attached hydrogen (secondary N) is 1. The molecule has 0 aliphatic heterocycles. The molecule has 1 aliphatic carbocycles. The van der Waals surface area contributed by atoms with Gasteiger partial charge in [-0.15, -0.1) is 0 Å². The number of fused-ring (bicyclic) bond motifs is 1. The summed E-state index contributed by atoms with van der Waals surface area (Å²) in [5.74, 6) is 0.662. The number of amides is 1. The van der Waals surface area contributed by atoms with Crippen molar-refractivity contribution in [2.45, 2.75) is 51.9 Å². The lowest BCUT2D eigenvalue weighted by atomic mass is 9.90. The van der Waals surface area contributed by atoms with Crippen molar-refractivity contribution in [2.75, 3.05) is 5.32 Å². The summed E-state index contributed by atoms with van der Waals surface area (Å²) in [5.41, 5.74) is 3.92. The summed E-state index contributed by atoms with van der Waals surface area (Å²) in [6.07, 6.45) is 7.99. The number of nitrogens with zero attached hydrogens (tertiary/aromatic N) is 2. The largest absolute Gasteiger partial charge is 0.319 e. The van der Waals surface area contributed by atoms with E-state index in [1.54, 1.807) is 12.4 Å². The Morgan fingerprint density at radius 2 is 1.70 bits per heavy atom. The maximum absolute atomic E-state index is 12.4. The Balaban J connectivity index is 1.74. The Morgan fingerprint density at radius 1 is 1.04 bits per heavy atom. The minimum Gasteiger partial charge on any atom is -0.319 e. The molecule has 0 unspecified atom stereocenters. The van der Waals surface area contributed by atoms with Crippen molar-refractivity contribution in [1.82, 2.24) is 9.97 Å². The molecule has 0 fully saturated rings. The predicted octanol–water partition coefficient (Wildman–Crippen LogP) is 3.91. The van der Waals surface area contributed by atoms with Crippen LogP contribution in [0, 0.1) is 0 Å². The Labute approximate surface area is 137 Å². The third-order valence-corrected chi connectivity index (χ3v) is 4.19. The highest BCUT2D eigenvalue weighted by atomic mass is 16.1. The van der Waals surface area contributed by atoms with Crippen LogP contribution in [0.25, 0.3) is 0 Å². The summed E-state index contributed by atoms with van der Waals surface area (Å²) in [4.78, 5) is 21.1. The van der Waals surface area contributed by atoms with Gasteiger partial charge in [0.25, 0.3) is 5.91 Å². The fourth-order valence-electron chi connectivity index (χ4n) is 2.86. The maximum Gasteiger partial charge on any atom is 0.255 e. The second-order valence-corrected chi connectivity index (χ2v) is 7.19. The molecule has 1 heterocycles. The molecule has 1 aliphatic rings. The first-order chi connectivity index (χ1) is 10.9. The summed E-state index contributed by atoms with van der Waals surface area (Å²) in [6.45, 7) is 6.19. The Hall–Kier alpha value is -2.23. The van der Waals surface area contributed by atoms with Crippen molar-refractivity contribution >= 4 is 11.6 Å². The number of hydrogen-bond acceptors (Lipinski definition) is 3. The molecule has 0 bridgehead atoms. The average molecular weight is 309 g/mol. The lowest BCUT2D eigenvalue weighted by molar-refractivity contribution is 0.102. The Kier molecular flexibility index (Phi) is 4.16. The van der Waals surface area contributed by atoms with Crippen LogP contribution in [-0.4, -0.2) is 15.9 Å². The van der Waals surface area contributed by atoms with Gasteiger partial charge in [-0.05, 0) is 48.9 Å². The van der Waals surface area contributed by atoms with Crippen LogP contribution < -0.4 is 5.32 Å². The van der Waals surface area contributed by atoms with Crippen LogP contribution in [0.3, 0.4) is 0 Å². The van der Waals surface area contributed by atoms with E-state index < -0.39 is 0 Å². The van der Waals surface area contributed by atoms with Gasteiger partial charge in [0.05, 0.1) is 18.1 Å². The molecule has 0 spiro atoms. The quantitative estimate of drug-likeness (QED) is 0.915. The molecule has 1 N–H and O–H groups in total. The summed E-state index contributed by atoms with van der Waals surface area (Å²) in [6, 6.07) is 6.01. The standard InChI is InChI=1S/C19H23N3O/c1-19(2,3)18-20-11-16(12-21-18)22-17(23)15-9-8-13-6-4-5-7-14(13)10-15/h8-12H,4-7H2,1-3H3,(H,22,23). The van der Waals surface area contributed by atoms with Gasteiger partial charge >= 0.3 is 0 Å². The van der Waals surface area contributed by atoms with E-state index in [4.69, 9.17) is 0 Å². The van der Waals surface area contributed by atoms with Crippen LogP contribution in [-0.2, 0) is 18.3 Å². The smallest absolute Gasteiger partial charge is 0.255 e. The van der Waals surface area contributed by atoms with Gasteiger partial charge in [0.1, 0.15) is 5.82 Å². The molecular weight excluding hydrogens is 286 g/mol. The molecule has 0 atom stereocenters. The van der Waals surface area contributed by atoms with Gasteiger partial charge in [-0.2, -0.15) is 0 Å². The molecule has 0 saturated heterocycles. The zero-order chi connectivity index (χ0) is 16.4. The first kappa shape index (κ1) is 15.7. The van der Waals surface area contributed by atoms with E-state index >= 15 is 0 Å². The number of rotatable bonds is 2. The average Bonchev–Trinajstić information content (AvgIpc) is 2.54. The number of anilines is 1. The van der Waals surface area contributed by atoms with Gasteiger partial charge in [-0.1, -0.05) is 26.8 Å². The Morgan fingerprint density at radius 3 is 2.35 bits per heavy atom. The molecule has 4 heteroatoms. The molecular formula is C19H23N3O. The van der Waals surface area contributed by atoms with Crippen LogP contribution in [0.15, 0.2) is 30.6 Å². The molecule has 120 valence electrons. The van der Waals surface area contributed by atoms with E-state index in [-0.39, 0.29) is 11.3 Å². The lowest BCUT2D eigenvalue weighted by Crippen LogP contribution is -2.17. The number of hydrogen-bond donors (Lipinski definition) is 1. The highest BCUT2D eigenvalue weighted by Crippen LogP contribution is 2.23. The zero-order valence-corrected chi connectivity index (χ0v) is 14.0. The van der Waals surface area contributed by atoms with E-state index in [0.29, 0.717) is 11.3 Å². The van der Waals surface area contributed by atoms with Crippen LogP contribution in [0.5, 0.6) is 0 Å². The predicted molar refractivity (Wildman–Crippen MR) is 91.8 cm³/mol. The maximum atomic E-state index is 12.4. The number of aryl methyl sites for hydroxylation is 2. The molecule has 3 rings (SSSR count). The lowest BCUT2D eigenvalue weighted by Gasteiger charge is -2.17. The SMILES string of the molecule is CC(C)(C)c1ncc(NC(=O)c2ccc3c(c2)CCCC3)cn1. The van der Waals surface area contributed by atoms with E-state index in [0.717, 1.165) is 18.7 Å². The monoisotopic (exact) mass is 309 g/mol. The third kappa shape index (κ3) is 3.58. The van der Waals surface area contributed by atoms with Crippen molar-refractivity contribution in [2.24, 2.45) is 0 Å². The molecule has 4 nitrogen and oxygen atoms in total. The number of benzene rings is 1. The molecule has 1 aromatic carbocycles. The van der Waals surface area contributed by atoms with Gasteiger partial charge in [0.2, 0.25) is 0 Å². The van der Waals surface area contributed by atoms with Crippen molar-refractivity contribution in [1.29, 1.82) is 0 Å². The highest BCUT2D eigenvalue weighted by Gasteiger charge is 2.17. The van der Waals surface area contributed by atoms with Crippen molar-refractivity contribution in [3.8, 4) is 0 Å². The molecule has 1 amide bonds. The van der Waals surface area contributed by atoms with E-state index in [1.165, 1.54) is 24.0 Å². The van der Waals surface area contributed by atoms with Crippen LogP contribution in [0.2, 0.25) is 0 Å². The number of carbonyl (C=O) groups is 1. The van der Waals surface area contributed by atoms with Gasteiger partial charge in [0.15, 0.2) is 0 Å². The topological polar surface area (TPSA) is 54.9 Å². The summed E-state index contributed by atoms with van der Waals surface area (Å²) >= 11 is 0. The molecule has 0 saturated carbocycles. The third-order valence-electron chi connectivity index (χ3n) is 4.19. The van der Waals surface area contributed by atoms with Crippen molar-refractivity contribution < 1.29 is 4.79 Å². The van der Waals surface area contributed by atoms with Crippen molar-refractivity contribution in [3.63, 3.8) is 0 Å². The Bertz CT molecular complexity index is 714. The van der Waals surface area contributed by atoms with E-state index in [9.17, 15) is 4.79 Å².